The number of aromatic nitrogens is 5. The summed E-state index contributed by atoms with van der Waals surface area (Å²) in [5.41, 5.74) is 0.857. The minimum Gasteiger partial charge on any atom is -0.333 e. The molecule has 170 valence electrons. The van der Waals surface area contributed by atoms with Gasteiger partial charge < -0.3 is 9.84 Å². The van der Waals surface area contributed by atoms with Crippen molar-refractivity contribution in [1.29, 1.82) is 0 Å². The Kier molecular flexibility index (Phi) is 5.60. The summed E-state index contributed by atoms with van der Waals surface area (Å²) in [4.78, 5) is 29.6. The molecule has 0 aliphatic rings. The van der Waals surface area contributed by atoms with E-state index in [0.717, 1.165) is 4.68 Å². The van der Waals surface area contributed by atoms with Gasteiger partial charge in [-0.2, -0.15) is 4.98 Å². The molecular weight excluding hydrogens is 486 g/mol. The molecule has 0 unspecified atom stereocenters. The van der Waals surface area contributed by atoms with Crippen LogP contribution in [0, 0.1) is 5.82 Å². The van der Waals surface area contributed by atoms with E-state index in [-0.39, 0.29) is 23.9 Å². The Balaban J connectivity index is 1.45. The molecule has 1 amide bonds. The third kappa shape index (κ3) is 4.28. The predicted octanol–water partition coefficient (Wildman–Crippen LogP) is 4.30. The molecule has 5 rings (SSSR count). The van der Waals surface area contributed by atoms with Crippen LogP contribution in [0.4, 0.5) is 10.1 Å². The van der Waals surface area contributed by atoms with Crippen molar-refractivity contribution in [2.75, 3.05) is 5.32 Å². The van der Waals surface area contributed by atoms with Crippen LogP contribution < -0.4 is 11.0 Å². The Labute approximate surface area is 200 Å². The summed E-state index contributed by atoms with van der Waals surface area (Å²) in [6.45, 7) is -0.359. The molecule has 3 heterocycles. The fourth-order valence-corrected chi connectivity index (χ4v) is 3.87. The number of rotatable bonds is 5. The zero-order valence-electron chi connectivity index (χ0n) is 17.1. The van der Waals surface area contributed by atoms with Crippen LogP contribution in [0.2, 0.25) is 10.0 Å². The monoisotopic (exact) mass is 498 g/mol. The van der Waals surface area contributed by atoms with Gasteiger partial charge in [-0.15, -0.1) is 5.10 Å². The Morgan fingerprint density at radius 3 is 2.65 bits per heavy atom. The van der Waals surface area contributed by atoms with Gasteiger partial charge in [0, 0.05) is 27.5 Å². The third-order valence-corrected chi connectivity index (χ3v) is 5.22. The third-order valence-electron chi connectivity index (χ3n) is 4.79. The second kappa shape index (κ2) is 8.73. The van der Waals surface area contributed by atoms with Crippen molar-refractivity contribution in [1.82, 2.24) is 24.3 Å². The number of amides is 1. The van der Waals surface area contributed by atoms with Crippen molar-refractivity contribution in [3.63, 3.8) is 0 Å². The van der Waals surface area contributed by atoms with Crippen LogP contribution in [0.1, 0.15) is 0 Å². The lowest BCUT2D eigenvalue weighted by molar-refractivity contribution is -0.117. The predicted molar refractivity (Wildman–Crippen MR) is 123 cm³/mol. The molecule has 12 heteroatoms. The average Bonchev–Trinajstić information content (AvgIpc) is 3.39. The maximum Gasteiger partial charge on any atom is 0.350 e. The van der Waals surface area contributed by atoms with E-state index in [1.807, 2.05) is 0 Å². The molecular formula is C22H13Cl2FN6O3. The minimum atomic E-state index is -0.541. The SMILES string of the molecule is O=C(Cn1nc2c(-c3nc(-c4cccc(F)c4)no3)cccn2c1=O)Nc1cc(Cl)cc(Cl)c1. The zero-order chi connectivity index (χ0) is 23.8. The molecule has 0 aliphatic carbocycles. The van der Waals surface area contributed by atoms with E-state index in [4.69, 9.17) is 27.7 Å². The van der Waals surface area contributed by atoms with Crippen LogP contribution in [-0.2, 0) is 11.3 Å². The number of benzene rings is 2. The van der Waals surface area contributed by atoms with Gasteiger partial charge >= 0.3 is 5.69 Å². The summed E-state index contributed by atoms with van der Waals surface area (Å²) >= 11 is 11.9. The lowest BCUT2D eigenvalue weighted by Crippen LogP contribution is -2.28. The summed E-state index contributed by atoms with van der Waals surface area (Å²) < 4.78 is 21.1. The second-order valence-corrected chi connectivity index (χ2v) is 8.07. The van der Waals surface area contributed by atoms with Gasteiger partial charge in [0.05, 0.1) is 5.56 Å². The maximum atomic E-state index is 13.5. The van der Waals surface area contributed by atoms with Crippen molar-refractivity contribution in [3.05, 3.63) is 87.1 Å². The summed E-state index contributed by atoms with van der Waals surface area (Å²) in [5.74, 6) is -0.677. The Morgan fingerprint density at radius 1 is 1.09 bits per heavy atom. The van der Waals surface area contributed by atoms with Crippen LogP contribution in [-0.4, -0.2) is 30.2 Å². The van der Waals surface area contributed by atoms with Crippen LogP contribution in [0.3, 0.4) is 0 Å². The minimum absolute atomic E-state index is 0.0834. The molecule has 1 N–H and O–H groups in total. The van der Waals surface area contributed by atoms with E-state index in [1.54, 1.807) is 18.2 Å². The van der Waals surface area contributed by atoms with Crippen LogP contribution in [0.5, 0.6) is 0 Å². The smallest absolute Gasteiger partial charge is 0.333 e. The zero-order valence-corrected chi connectivity index (χ0v) is 18.6. The van der Waals surface area contributed by atoms with Gasteiger partial charge in [0.1, 0.15) is 12.4 Å². The number of carbonyl (C=O) groups is 1. The first-order chi connectivity index (χ1) is 16.4. The lowest BCUT2D eigenvalue weighted by Gasteiger charge is -2.05. The summed E-state index contributed by atoms with van der Waals surface area (Å²) in [5, 5.41) is 11.5. The lowest BCUT2D eigenvalue weighted by atomic mass is 10.2. The molecule has 34 heavy (non-hydrogen) atoms. The number of anilines is 1. The number of hydrogen-bond donors (Lipinski definition) is 1. The normalized spacial score (nSPS) is 11.1. The van der Waals surface area contributed by atoms with E-state index in [2.05, 4.69) is 20.6 Å². The maximum absolute atomic E-state index is 13.5. The largest absolute Gasteiger partial charge is 0.350 e. The standard InChI is InChI=1S/C22H13Cl2FN6O3/c23-13-8-14(24)10-16(9-13)26-18(32)11-31-22(33)30-6-2-5-17(20(30)28-31)21-27-19(29-34-21)12-3-1-4-15(25)7-12/h1-10H,11H2,(H,26,32). The van der Waals surface area contributed by atoms with E-state index in [0.29, 0.717) is 26.9 Å². The van der Waals surface area contributed by atoms with Crippen molar-refractivity contribution in [2.45, 2.75) is 6.54 Å². The fraction of sp³-hybridized carbons (Fsp3) is 0.0455. The number of pyridine rings is 1. The van der Waals surface area contributed by atoms with Gasteiger partial charge in [-0.3, -0.25) is 4.79 Å². The number of nitrogens with one attached hydrogen (secondary N) is 1. The molecule has 0 bridgehead atoms. The fourth-order valence-electron chi connectivity index (χ4n) is 3.35. The molecule has 0 spiro atoms. The van der Waals surface area contributed by atoms with Crippen LogP contribution in [0.25, 0.3) is 28.5 Å². The van der Waals surface area contributed by atoms with Gasteiger partial charge in [-0.05, 0) is 42.5 Å². The molecule has 0 fully saturated rings. The van der Waals surface area contributed by atoms with Gasteiger partial charge in [0.2, 0.25) is 11.7 Å². The number of fused-ring (bicyclic) bond motifs is 1. The number of nitrogens with zero attached hydrogens (tertiary/aromatic N) is 5. The van der Waals surface area contributed by atoms with E-state index >= 15 is 0 Å². The van der Waals surface area contributed by atoms with E-state index in [9.17, 15) is 14.0 Å². The van der Waals surface area contributed by atoms with Gasteiger partial charge in [0.15, 0.2) is 5.65 Å². The quantitative estimate of drug-likeness (QED) is 0.387. The number of hydrogen-bond acceptors (Lipinski definition) is 6. The molecule has 2 aromatic carbocycles. The van der Waals surface area contributed by atoms with Crippen molar-refractivity contribution in [3.8, 4) is 22.8 Å². The molecule has 3 aromatic heterocycles. The van der Waals surface area contributed by atoms with Crippen LogP contribution >= 0.6 is 23.2 Å². The molecule has 9 nitrogen and oxygen atoms in total. The molecule has 0 saturated carbocycles. The van der Waals surface area contributed by atoms with E-state index < -0.39 is 17.4 Å². The highest BCUT2D eigenvalue weighted by Gasteiger charge is 2.19. The van der Waals surface area contributed by atoms with Crippen molar-refractivity contribution < 1.29 is 13.7 Å². The Bertz CT molecular complexity index is 1590. The first kappa shape index (κ1) is 21.8. The molecule has 0 radical (unpaired) electrons. The highest BCUT2D eigenvalue weighted by molar-refractivity contribution is 6.35. The Morgan fingerprint density at radius 2 is 1.88 bits per heavy atom. The number of halogens is 3. The molecule has 0 aliphatic heterocycles. The van der Waals surface area contributed by atoms with E-state index in [1.165, 1.54) is 47.0 Å². The summed E-state index contributed by atoms with van der Waals surface area (Å²) in [6, 6.07) is 13.6. The highest BCUT2D eigenvalue weighted by atomic mass is 35.5. The van der Waals surface area contributed by atoms with Gasteiger partial charge in [-0.25, -0.2) is 18.3 Å². The Hall–Kier alpha value is -4.02. The highest BCUT2D eigenvalue weighted by Crippen LogP contribution is 2.25. The number of carbonyl (C=O) groups excluding carboxylic acids is 1. The van der Waals surface area contributed by atoms with Crippen molar-refractivity contribution >= 4 is 40.4 Å². The van der Waals surface area contributed by atoms with Gasteiger partial charge in [-0.1, -0.05) is 40.5 Å². The van der Waals surface area contributed by atoms with Crippen molar-refractivity contribution in [2.24, 2.45) is 0 Å². The van der Waals surface area contributed by atoms with Gasteiger partial charge in [0.25, 0.3) is 5.89 Å². The first-order valence-electron chi connectivity index (χ1n) is 9.81. The molecule has 5 aromatic rings. The summed E-state index contributed by atoms with van der Waals surface area (Å²) in [6.07, 6.45) is 1.50. The first-order valence-corrected chi connectivity index (χ1v) is 10.6. The van der Waals surface area contributed by atoms with Crippen LogP contribution in [0.15, 0.2) is 70.1 Å². The second-order valence-electron chi connectivity index (χ2n) is 7.20. The molecule has 0 saturated heterocycles. The topological polar surface area (TPSA) is 107 Å². The molecule has 0 atom stereocenters. The summed E-state index contributed by atoms with van der Waals surface area (Å²) in [7, 11) is 0. The average molecular weight is 499 g/mol.